The van der Waals surface area contributed by atoms with Crippen molar-refractivity contribution < 1.29 is 14.0 Å². The van der Waals surface area contributed by atoms with Crippen LogP contribution in [0.1, 0.15) is 24.2 Å². The maximum atomic E-state index is 12.9. The van der Waals surface area contributed by atoms with Gasteiger partial charge < -0.3 is 10.6 Å². The van der Waals surface area contributed by atoms with Gasteiger partial charge in [-0.25, -0.2) is 4.39 Å². The molecule has 6 heteroatoms. The largest absolute Gasteiger partial charge is 0.340 e. The van der Waals surface area contributed by atoms with Gasteiger partial charge in [0, 0.05) is 16.3 Å². The second-order valence-electron chi connectivity index (χ2n) is 5.70. The third-order valence-electron chi connectivity index (χ3n) is 3.45. The molecule has 24 heavy (non-hydrogen) atoms. The number of nitrogens with one attached hydrogen (secondary N) is 2. The molecule has 0 bridgehead atoms. The number of hydrogen-bond donors (Lipinski definition) is 2. The number of anilines is 1. The lowest BCUT2D eigenvalue weighted by molar-refractivity contribution is -0.118. The number of rotatable bonds is 5. The molecule has 0 aliphatic carbocycles. The summed E-state index contributed by atoms with van der Waals surface area (Å²) in [5.41, 5.74) is 0.882. The maximum absolute atomic E-state index is 12.9. The van der Waals surface area contributed by atoms with Gasteiger partial charge in [0.05, 0.1) is 0 Å². The standard InChI is InChI=1S/C18H18ClFN2O2/c1-11(2)16(18(24)21-15-9-7-14(20)8-10-15)22-17(23)12-3-5-13(19)6-4-12/h3-11,16H,1-2H3,(H,21,24)(H,22,23)/t16-/m0/s1. The average molecular weight is 349 g/mol. The van der Waals surface area contributed by atoms with E-state index in [0.717, 1.165) is 0 Å². The molecular formula is C18H18ClFN2O2. The fourth-order valence-corrected chi connectivity index (χ4v) is 2.24. The fourth-order valence-electron chi connectivity index (χ4n) is 2.11. The quantitative estimate of drug-likeness (QED) is 0.861. The highest BCUT2D eigenvalue weighted by Crippen LogP contribution is 2.13. The molecule has 0 saturated carbocycles. The lowest BCUT2D eigenvalue weighted by Crippen LogP contribution is -2.47. The molecule has 0 spiro atoms. The Kier molecular flexibility index (Phi) is 5.93. The molecule has 0 aliphatic rings. The first kappa shape index (κ1) is 17.9. The number of amides is 2. The van der Waals surface area contributed by atoms with Crippen molar-refractivity contribution in [3.05, 3.63) is 64.9 Å². The van der Waals surface area contributed by atoms with E-state index in [1.54, 1.807) is 24.3 Å². The van der Waals surface area contributed by atoms with Crippen LogP contribution in [-0.2, 0) is 4.79 Å². The van der Waals surface area contributed by atoms with Gasteiger partial charge in [0.25, 0.3) is 5.91 Å². The van der Waals surface area contributed by atoms with Gasteiger partial charge in [0.2, 0.25) is 5.91 Å². The summed E-state index contributed by atoms with van der Waals surface area (Å²) in [7, 11) is 0. The summed E-state index contributed by atoms with van der Waals surface area (Å²) in [5.74, 6) is -1.23. The van der Waals surface area contributed by atoms with Crippen molar-refractivity contribution in [2.75, 3.05) is 5.32 Å². The third kappa shape index (κ3) is 4.80. The van der Waals surface area contributed by atoms with Crippen LogP contribution in [0.4, 0.5) is 10.1 Å². The SMILES string of the molecule is CC(C)[C@H](NC(=O)c1ccc(Cl)cc1)C(=O)Nc1ccc(F)cc1. The molecule has 0 unspecified atom stereocenters. The minimum Gasteiger partial charge on any atom is -0.340 e. The van der Waals surface area contributed by atoms with Gasteiger partial charge >= 0.3 is 0 Å². The molecule has 0 radical (unpaired) electrons. The van der Waals surface area contributed by atoms with Crippen LogP contribution in [0, 0.1) is 11.7 Å². The molecular weight excluding hydrogens is 331 g/mol. The highest BCUT2D eigenvalue weighted by atomic mass is 35.5. The summed E-state index contributed by atoms with van der Waals surface area (Å²) in [4.78, 5) is 24.7. The highest BCUT2D eigenvalue weighted by molar-refractivity contribution is 6.30. The second-order valence-corrected chi connectivity index (χ2v) is 6.13. The number of carbonyl (C=O) groups is 2. The van der Waals surface area contributed by atoms with Crippen LogP contribution in [-0.4, -0.2) is 17.9 Å². The first-order chi connectivity index (χ1) is 11.4. The highest BCUT2D eigenvalue weighted by Gasteiger charge is 2.24. The van der Waals surface area contributed by atoms with E-state index in [1.807, 2.05) is 13.8 Å². The van der Waals surface area contributed by atoms with Gasteiger partial charge in [0.1, 0.15) is 11.9 Å². The molecule has 0 aromatic heterocycles. The van der Waals surface area contributed by atoms with Crippen LogP contribution in [0.2, 0.25) is 5.02 Å². The molecule has 2 aromatic carbocycles. The molecule has 0 saturated heterocycles. The van der Waals surface area contributed by atoms with Crippen molar-refractivity contribution >= 4 is 29.1 Å². The Bertz CT molecular complexity index is 715. The summed E-state index contributed by atoms with van der Waals surface area (Å²) in [6.07, 6.45) is 0. The molecule has 126 valence electrons. The van der Waals surface area contributed by atoms with E-state index in [9.17, 15) is 14.0 Å². The van der Waals surface area contributed by atoms with Crippen LogP contribution < -0.4 is 10.6 Å². The summed E-state index contributed by atoms with van der Waals surface area (Å²) < 4.78 is 12.9. The van der Waals surface area contributed by atoms with Crippen molar-refractivity contribution in [2.45, 2.75) is 19.9 Å². The van der Waals surface area contributed by atoms with Crippen LogP contribution in [0.25, 0.3) is 0 Å². The Balaban J connectivity index is 2.07. The van der Waals surface area contributed by atoms with Gasteiger partial charge in [-0.3, -0.25) is 9.59 Å². The van der Waals surface area contributed by atoms with Crippen LogP contribution in [0.15, 0.2) is 48.5 Å². The van der Waals surface area contributed by atoms with E-state index < -0.39 is 6.04 Å². The Morgan fingerprint density at radius 1 is 1.00 bits per heavy atom. The topological polar surface area (TPSA) is 58.2 Å². The monoisotopic (exact) mass is 348 g/mol. The second kappa shape index (κ2) is 7.93. The summed E-state index contributed by atoms with van der Waals surface area (Å²) in [5, 5.41) is 5.92. The number of benzene rings is 2. The summed E-state index contributed by atoms with van der Waals surface area (Å²) in [6.45, 7) is 3.66. The molecule has 0 aliphatic heterocycles. The van der Waals surface area contributed by atoms with Crippen LogP contribution >= 0.6 is 11.6 Å². The normalized spacial score (nSPS) is 11.9. The summed E-state index contributed by atoms with van der Waals surface area (Å²) in [6, 6.07) is 11.1. The Hall–Kier alpha value is -2.40. The van der Waals surface area contributed by atoms with Gasteiger partial charge in [0.15, 0.2) is 0 Å². The maximum Gasteiger partial charge on any atom is 0.251 e. The fraction of sp³-hybridized carbons (Fsp3) is 0.222. The number of hydrogen-bond acceptors (Lipinski definition) is 2. The lowest BCUT2D eigenvalue weighted by Gasteiger charge is -2.21. The van der Waals surface area contributed by atoms with E-state index in [4.69, 9.17) is 11.6 Å². The Morgan fingerprint density at radius 3 is 2.12 bits per heavy atom. The van der Waals surface area contributed by atoms with E-state index in [1.165, 1.54) is 24.3 Å². The van der Waals surface area contributed by atoms with E-state index in [2.05, 4.69) is 10.6 Å². The van der Waals surface area contributed by atoms with Crippen molar-refractivity contribution in [1.82, 2.24) is 5.32 Å². The Morgan fingerprint density at radius 2 is 1.58 bits per heavy atom. The molecule has 0 fully saturated rings. The molecule has 4 nitrogen and oxygen atoms in total. The zero-order valence-corrected chi connectivity index (χ0v) is 14.1. The molecule has 2 aromatic rings. The van der Waals surface area contributed by atoms with Gasteiger partial charge in [-0.05, 0) is 54.4 Å². The van der Waals surface area contributed by atoms with Crippen molar-refractivity contribution in [1.29, 1.82) is 0 Å². The first-order valence-corrected chi connectivity index (χ1v) is 7.87. The van der Waals surface area contributed by atoms with Crippen LogP contribution in [0.3, 0.4) is 0 Å². The lowest BCUT2D eigenvalue weighted by atomic mass is 10.0. The summed E-state index contributed by atoms with van der Waals surface area (Å²) >= 11 is 5.80. The van der Waals surface area contributed by atoms with Gasteiger partial charge in [-0.15, -0.1) is 0 Å². The van der Waals surface area contributed by atoms with Gasteiger partial charge in [-0.1, -0.05) is 25.4 Å². The molecule has 2 amide bonds. The van der Waals surface area contributed by atoms with E-state index in [-0.39, 0.29) is 23.5 Å². The van der Waals surface area contributed by atoms with Crippen molar-refractivity contribution in [3.63, 3.8) is 0 Å². The minimum atomic E-state index is -0.724. The molecule has 2 N–H and O–H groups in total. The smallest absolute Gasteiger partial charge is 0.251 e. The number of halogens is 2. The third-order valence-corrected chi connectivity index (χ3v) is 3.71. The minimum absolute atomic E-state index is 0.123. The van der Waals surface area contributed by atoms with Crippen molar-refractivity contribution in [3.8, 4) is 0 Å². The van der Waals surface area contributed by atoms with Crippen molar-refractivity contribution in [2.24, 2.45) is 5.92 Å². The zero-order chi connectivity index (χ0) is 17.7. The number of carbonyl (C=O) groups excluding carboxylic acids is 2. The molecule has 2 rings (SSSR count). The van der Waals surface area contributed by atoms with E-state index >= 15 is 0 Å². The average Bonchev–Trinajstić information content (AvgIpc) is 2.54. The Labute approximate surface area is 145 Å². The predicted molar refractivity (Wildman–Crippen MR) is 92.6 cm³/mol. The molecule has 1 atom stereocenters. The zero-order valence-electron chi connectivity index (χ0n) is 13.3. The van der Waals surface area contributed by atoms with Crippen LogP contribution in [0.5, 0.6) is 0 Å². The predicted octanol–water partition coefficient (Wildman–Crippen LogP) is 3.87. The van der Waals surface area contributed by atoms with E-state index in [0.29, 0.717) is 16.3 Å². The molecule has 0 heterocycles. The van der Waals surface area contributed by atoms with Gasteiger partial charge in [-0.2, -0.15) is 0 Å². The first-order valence-electron chi connectivity index (χ1n) is 7.49.